The topological polar surface area (TPSA) is 38.7 Å². The Morgan fingerprint density at radius 1 is 1.75 bits per heavy atom. The molecule has 4 heteroatoms. The molecule has 0 saturated carbocycles. The van der Waals surface area contributed by atoms with Crippen LogP contribution in [0.1, 0.15) is 0 Å². The van der Waals surface area contributed by atoms with Crippen LogP contribution in [0.2, 0.25) is 6.32 Å². The fourth-order valence-electron chi connectivity index (χ4n) is 0.645. The van der Waals surface area contributed by atoms with Gasteiger partial charge < -0.3 is 9.91 Å². The van der Waals surface area contributed by atoms with Gasteiger partial charge in [0.05, 0.1) is 6.61 Å². The lowest BCUT2D eigenvalue weighted by Crippen LogP contribution is -2.23. The molecule has 0 bridgehead atoms. The SMILES string of the molecule is OCC1CBOOC1. The van der Waals surface area contributed by atoms with Crippen molar-refractivity contribution < 1.29 is 14.8 Å². The van der Waals surface area contributed by atoms with Gasteiger partial charge in [-0.3, -0.25) is 4.89 Å². The summed E-state index contributed by atoms with van der Waals surface area (Å²) in [5.74, 6) is 0.295. The van der Waals surface area contributed by atoms with E-state index in [9.17, 15) is 0 Å². The molecular formula is C4H9BO3. The van der Waals surface area contributed by atoms with Crippen LogP contribution in [0.15, 0.2) is 0 Å². The smallest absolute Gasteiger partial charge is 0.323 e. The van der Waals surface area contributed by atoms with Crippen LogP contribution >= 0.6 is 0 Å². The highest BCUT2D eigenvalue weighted by molar-refractivity contribution is 6.26. The Balaban J connectivity index is 2.13. The van der Waals surface area contributed by atoms with Gasteiger partial charge in [-0.05, 0) is 6.32 Å². The van der Waals surface area contributed by atoms with Gasteiger partial charge in [0.1, 0.15) is 0 Å². The quantitative estimate of drug-likeness (QED) is 0.364. The Morgan fingerprint density at radius 3 is 3.00 bits per heavy atom. The van der Waals surface area contributed by atoms with E-state index in [1.807, 2.05) is 0 Å². The molecule has 0 spiro atoms. The summed E-state index contributed by atoms with van der Waals surface area (Å²) in [5.41, 5.74) is 0. The molecule has 0 aromatic carbocycles. The molecule has 0 aliphatic carbocycles. The maximum absolute atomic E-state index is 8.56. The molecule has 1 aliphatic heterocycles. The van der Waals surface area contributed by atoms with E-state index in [2.05, 4.69) is 9.69 Å². The highest BCUT2D eigenvalue weighted by atomic mass is 17.2. The summed E-state index contributed by atoms with van der Waals surface area (Å²) in [6, 6.07) is 0. The van der Waals surface area contributed by atoms with Crippen LogP contribution in [0.25, 0.3) is 0 Å². The Bertz CT molecular complexity index is 62.3. The largest absolute Gasteiger partial charge is 0.396 e. The molecule has 3 nitrogen and oxygen atoms in total. The van der Waals surface area contributed by atoms with Crippen LogP contribution in [-0.2, 0) is 9.69 Å². The predicted octanol–water partition coefficient (Wildman–Crippen LogP) is -0.674. The minimum absolute atomic E-state index is 0.212. The number of hydrogen-bond acceptors (Lipinski definition) is 3. The average molecular weight is 116 g/mol. The molecule has 46 valence electrons. The van der Waals surface area contributed by atoms with Crippen molar-refractivity contribution >= 4 is 7.48 Å². The molecular weight excluding hydrogens is 107 g/mol. The molecule has 1 saturated heterocycles. The maximum atomic E-state index is 8.56. The lowest BCUT2D eigenvalue weighted by molar-refractivity contribution is -0.230. The highest BCUT2D eigenvalue weighted by Gasteiger charge is 2.14. The molecule has 1 unspecified atom stereocenters. The number of rotatable bonds is 1. The van der Waals surface area contributed by atoms with Crippen LogP contribution in [0.3, 0.4) is 0 Å². The summed E-state index contributed by atoms with van der Waals surface area (Å²) in [6.07, 6.45) is 0.913. The summed E-state index contributed by atoms with van der Waals surface area (Å²) < 4.78 is 0. The van der Waals surface area contributed by atoms with Crippen molar-refractivity contribution in [3.05, 3.63) is 0 Å². The normalized spacial score (nSPS) is 29.4. The third kappa shape index (κ3) is 1.47. The summed E-state index contributed by atoms with van der Waals surface area (Å²) in [7, 11) is 0.616. The summed E-state index contributed by atoms with van der Waals surface area (Å²) in [4.78, 5) is 9.20. The molecule has 8 heavy (non-hydrogen) atoms. The molecule has 0 aromatic heterocycles. The molecule has 1 fully saturated rings. The lowest BCUT2D eigenvalue weighted by atomic mass is 9.85. The Hall–Kier alpha value is -0.0551. The van der Waals surface area contributed by atoms with Gasteiger partial charge in [0, 0.05) is 12.5 Å². The van der Waals surface area contributed by atoms with Crippen molar-refractivity contribution in [1.82, 2.24) is 0 Å². The highest BCUT2D eigenvalue weighted by Crippen LogP contribution is 2.07. The monoisotopic (exact) mass is 116 g/mol. The van der Waals surface area contributed by atoms with Gasteiger partial charge in [-0.15, -0.1) is 0 Å². The first-order chi connectivity index (χ1) is 3.93. The van der Waals surface area contributed by atoms with E-state index in [1.54, 1.807) is 0 Å². The number of hydrogen-bond donors (Lipinski definition) is 1. The molecule has 1 aliphatic rings. The summed E-state index contributed by atoms with van der Waals surface area (Å²) >= 11 is 0. The van der Waals surface area contributed by atoms with Gasteiger partial charge in [0.2, 0.25) is 0 Å². The van der Waals surface area contributed by atoms with E-state index in [0.717, 1.165) is 6.32 Å². The van der Waals surface area contributed by atoms with Gasteiger partial charge >= 0.3 is 7.48 Å². The Morgan fingerprint density at radius 2 is 2.62 bits per heavy atom. The molecule has 0 amide bonds. The third-order valence-electron chi connectivity index (χ3n) is 1.25. The van der Waals surface area contributed by atoms with Gasteiger partial charge in [-0.25, -0.2) is 0 Å². The molecule has 0 radical (unpaired) electrons. The number of aliphatic hydroxyl groups excluding tert-OH is 1. The van der Waals surface area contributed by atoms with E-state index in [4.69, 9.17) is 5.11 Å². The molecule has 1 heterocycles. The van der Waals surface area contributed by atoms with Crippen LogP contribution in [-0.4, -0.2) is 25.8 Å². The molecule has 1 N–H and O–H groups in total. The first kappa shape index (κ1) is 6.07. The summed E-state index contributed by atoms with van der Waals surface area (Å²) in [5, 5.41) is 8.56. The first-order valence-corrected chi connectivity index (χ1v) is 2.78. The van der Waals surface area contributed by atoms with E-state index >= 15 is 0 Å². The lowest BCUT2D eigenvalue weighted by Gasteiger charge is -2.17. The van der Waals surface area contributed by atoms with Crippen molar-refractivity contribution in [1.29, 1.82) is 0 Å². The zero-order valence-corrected chi connectivity index (χ0v) is 4.67. The average Bonchev–Trinajstić information content (AvgIpc) is 1.90. The molecule has 1 atom stereocenters. The zero-order valence-electron chi connectivity index (χ0n) is 4.67. The zero-order chi connectivity index (χ0) is 5.82. The second-order valence-electron chi connectivity index (χ2n) is 1.94. The minimum atomic E-state index is 0.212. The third-order valence-corrected chi connectivity index (χ3v) is 1.25. The fraction of sp³-hybridized carbons (Fsp3) is 1.00. The van der Waals surface area contributed by atoms with Crippen molar-refractivity contribution in [3.63, 3.8) is 0 Å². The van der Waals surface area contributed by atoms with E-state index in [0.29, 0.717) is 20.0 Å². The van der Waals surface area contributed by atoms with Gasteiger partial charge in [-0.2, -0.15) is 0 Å². The van der Waals surface area contributed by atoms with Crippen LogP contribution in [0.5, 0.6) is 0 Å². The Kier molecular flexibility index (Phi) is 2.33. The first-order valence-electron chi connectivity index (χ1n) is 2.78. The van der Waals surface area contributed by atoms with Crippen molar-refractivity contribution in [2.24, 2.45) is 5.92 Å². The second-order valence-corrected chi connectivity index (χ2v) is 1.94. The van der Waals surface area contributed by atoms with E-state index < -0.39 is 0 Å². The summed E-state index contributed by atoms with van der Waals surface area (Å²) in [6.45, 7) is 0.750. The fourth-order valence-corrected chi connectivity index (χ4v) is 0.645. The Labute approximate surface area is 48.8 Å². The van der Waals surface area contributed by atoms with Crippen molar-refractivity contribution in [2.45, 2.75) is 6.32 Å². The van der Waals surface area contributed by atoms with E-state index in [1.165, 1.54) is 0 Å². The van der Waals surface area contributed by atoms with Crippen LogP contribution < -0.4 is 0 Å². The van der Waals surface area contributed by atoms with Gasteiger partial charge in [0.15, 0.2) is 0 Å². The van der Waals surface area contributed by atoms with Crippen LogP contribution in [0, 0.1) is 5.92 Å². The van der Waals surface area contributed by atoms with Gasteiger partial charge in [-0.1, -0.05) is 0 Å². The predicted molar refractivity (Wildman–Crippen MR) is 29.6 cm³/mol. The molecule has 1 rings (SSSR count). The van der Waals surface area contributed by atoms with E-state index in [-0.39, 0.29) is 6.61 Å². The second kappa shape index (κ2) is 3.07. The minimum Gasteiger partial charge on any atom is -0.396 e. The van der Waals surface area contributed by atoms with Crippen molar-refractivity contribution in [2.75, 3.05) is 13.2 Å². The maximum Gasteiger partial charge on any atom is 0.323 e. The number of aliphatic hydroxyl groups is 1. The van der Waals surface area contributed by atoms with Gasteiger partial charge in [0.25, 0.3) is 0 Å². The van der Waals surface area contributed by atoms with Crippen LogP contribution in [0.4, 0.5) is 0 Å². The molecule has 0 aromatic rings. The van der Waals surface area contributed by atoms with Crippen molar-refractivity contribution in [3.8, 4) is 0 Å². The standard InChI is InChI=1S/C4H9BO3/c6-2-4-1-5-8-7-3-4/h4-6H,1-3H2.